The number of halogens is 1. The van der Waals surface area contributed by atoms with Gasteiger partial charge in [-0.15, -0.1) is 5.10 Å². The minimum atomic E-state index is -0.533. The Balaban J connectivity index is 0.000000375. The normalized spacial score (nSPS) is 16.7. The molecule has 190 valence electrons. The second-order valence-electron chi connectivity index (χ2n) is 9.59. The largest absolute Gasteiger partial charge is 0.372 e. The van der Waals surface area contributed by atoms with Gasteiger partial charge in [-0.1, -0.05) is 25.3 Å². The third-order valence-corrected chi connectivity index (χ3v) is 6.96. The van der Waals surface area contributed by atoms with Crippen molar-refractivity contribution in [2.24, 2.45) is 5.73 Å². The van der Waals surface area contributed by atoms with E-state index in [0.29, 0.717) is 17.4 Å². The fraction of sp³-hybridized carbons (Fsp3) is 0.429. The van der Waals surface area contributed by atoms with Gasteiger partial charge in [-0.2, -0.15) is 5.26 Å². The molecule has 2 fully saturated rings. The molecule has 0 bridgehead atoms. The van der Waals surface area contributed by atoms with Crippen LogP contribution in [0, 0.1) is 17.1 Å². The van der Waals surface area contributed by atoms with E-state index in [2.05, 4.69) is 39.4 Å². The van der Waals surface area contributed by atoms with Gasteiger partial charge in [0.25, 0.3) is 0 Å². The number of piperazine rings is 1. The molecule has 1 aliphatic carbocycles. The van der Waals surface area contributed by atoms with Crippen molar-refractivity contribution in [3.05, 3.63) is 59.9 Å². The molecule has 0 atom stereocenters. The molecular formula is C28H36FN7. The standard InChI is InChI=1S/C22H23FN6.C6H13N/c1-25-22-14-21(16-3-4-17(15-24)20(23)13-16)29(26-22)19-7-5-18(6-8-19)28-11-9-27(2)10-12-28;7-6-4-2-1-3-5-6/h3-8,13-14H,9-12H2,1-2H3,(H,25,26);6H,1-5,7H2. The van der Waals surface area contributed by atoms with Crippen molar-refractivity contribution in [3.8, 4) is 23.0 Å². The van der Waals surface area contributed by atoms with E-state index in [9.17, 15) is 4.39 Å². The Morgan fingerprint density at radius 3 is 2.19 bits per heavy atom. The number of anilines is 2. The van der Waals surface area contributed by atoms with Crippen LogP contribution >= 0.6 is 0 Å². The summed E-state index contributed by atoms with van der Waals surface area (Å²) in [4.78, 5) is 4.71. The predicted molar refractivity (Wildman–Crippen MR) is 144 cm³/mol. The summed E-state index contributed by atoms with van der Waals surface area (Å²) in [5, 5.41) is 16.6. The van der Waals surface area contributed by atoms with Gasteiger partial charge in [-0.05, 0) is 56.3 Å². The molecule has 7 nitrogen and oxygen atoms in total. The summed E-state index contributed by atoms with van der Waals surface area (Å²) in [6.07, 6.45) is 6.66. The zero-order valence-corrected chi connectivity index (χ0v) is 21.3. The van der Waals surface area contributed by atoms with Gasteiger partial charge in [-0.25, -0.2) is 9.07 Å². The Morgan fingerprint density at radius 1 is 0.972 bits per heavy atom. The maximum atomic E-state index is 14.2. The smallest absolute Gasteiger partial charge is 0.148 e. The van der Waals surface area contributed by atoms with Gasteiger partial charge >= 0.3 is 0 Å². The first-order chi connectivity index (χ1) is 17.5. The molecular weight excluding hydrogens is 453 g/mol. The maximum Gasteiger partial charge on any atom is 0.148 e. The first-order valence-corrected chi connectivity index (χ1v) is 12.8. The fourth-order valence-corrected chi connectivity index (χ4v) is 4.67. The quantitative estimate of drug-likeness (QED) is 0.556. The number of hydrogen-bond acceptors (Lipinski definition) is 6. The topological polar surface area (TPSA) is 86.1 Å². The average Bonchev–Trinajstić information content (AvgIpc) is 3.35. The molecule has 1 aromatic heterocycles. The van der Waals surface area contributed by atoms with Crippen molar-refractivity contribution in [2.75, 3.05) is 50.5 Å². The number of benzene rings is 2. The number of nitrogens with two attached hydrogens (primary N) is 1. The van der Waals surface area contributed by atoms with Gasteiger partial charge in [0.15, 0.2) is 0 Å². The zero-order chi connectivity index (χ0) is 25.5. The predicted octanol–water partition coefficient (Wildman–Crippen LogP) is 4.62. The molecule has 1 saturated carbocycles. The third kappa shape index (κ3) is 6.23. The molecule has 2 aromatic carbocycles. The minimum absolute atomic E-state index is 0.0326. The van der Waals surface area contributed by atoms with Gasteiger partial charge in [0.2, 0.25) is 0 Å². The van der Waals surface area contributed by atoms with E-state index in [0.717, 1.165) is 37.6 Å². The van der Waals surface area contributed by atoms with E-state index >= 15 is 0 Å². The fourth-order valence-electron chi connectivity index (χ4n) is 4.67. The summed E-state index contributed by atoms with van der Waals surface area (Å²) in [6.45, 7) is 4.14. The van der Waals surface area contributed by atoms with Gasteiger partial charge in [0, 0.05) is 56.6 Å². The lowest BCUT2D eigenvalue weighted by molar-refractivity contribution is 0.313. The summed E-state index contributed by atoms with van der Waals surface area (Å²) in [7, 11) is 3.94. The highest BCUT2D eigenvalue weighted by atomic mass is 19.1. The summed E-state index contributed by atoms with van der Waals surface area (Å²) >= 11 is 0. The van der Waals surface area contributed by atoms with Crippen LogP contribution in [0.5, 0.6) is 0 Å². The van der Waals surface area contributed by atoms with Crippen molar-refractivity contribution in [2.45, 2.75) is 38.1 Å². The molecule has 2 heterocycles. The lowest BCUT2D eigenvalue weighted by Crippen LogP contribution is -2.44. The van der Waals surface area contributed by atoms with Crippen LogP contribution in [0.25, 0.3) is 16.9 Å². The van der Waals surface area contributed by atoms with E-state index in [-0.39, 0.29) is 5.56 Å². The summed E-state index contributed by atoms with van der Waals surface area (Å²) < 4.78 is 16.0. The van der Waals surface area contributed by atoms with E-state index in [1.54, 1.807) is 17.8 Å². The van der Waals surface area contributed by atoms with Crippen LogP contribution in [0.1, 0.15) is 37.7 Å². The molecule has 36 heavy (non-hydrogen) atoms. The summed E-state index contributed by atoms with van der Waals surface area (Å²) in [5.74, 6) is 0.155. The highest BCUT2D eigenvalue weighted by molar-refractivity contribution is 5.67. The lowest BCUT2D eigenvalue weighted by atomic mass is 9.97. The third-order valence-electron chi connectivity index (χ3n) is 6.96. The van der Waals surface area contributed by atoms with E-state index in [1.807, 2.05) is 24.3 Å². The number of nitriles is 1. The van der Waals surface area contributed by atoms with Crippen LogP contribution in [-0.2, 0) is 0 Å². The Bertz CT molecular complexity index is 1170. The van der Waals surface area contributed by atoms with Crippen LogP contribution in [0.4, 0.5) is 15.9 Å². The molecule has 1 saturated heterocycles. The summed E-state index contributed by atoms with van der Waals surface area (Å²) in [5.41, 5.74) is 9.17. The number of nitrogens with zero attached hydrogens (tertiary/aromatic N) is 5. The van der Waals surface area contributed by atoms with E-state index in [1.165, 1.54) is 49.9 Å². The van der Waals surface area contributed by atoms with Gasteiger partial charge in [0.1, 0.15) is 17.7 Å². The zero-order valence-electron chi connectivity index (χ0n) is 21.3. The molecule has 8 heteroatoms. The molecule has 3 N–H and O–H groups in total. The number of likely N-dealkylation sites (N-methyl/N-ethyl adjacent to an activating group) is 1. The monoisotopic (exact) mass is 489 g/mol. The van der Waals surface area contributed by atoms with Gasteiger partial charge < -0.3 is 20.9 Å². The lowest BCUT2D eigenvalue weighted by Gasteiger charge is -2.34. The molecule has 5 rings (SSSR count). The Hall–Kier alpha value is -3.41. The van der Waals surface area contributed by atoms with Gasteiger partial charge in [0.05, 0.1) is 16.9 Å². The van der Waals surface area contributed by atoms with E-state index in [4.69, 9.17) is 11.0 Å². The molecule has 0 spiro atoms. The van der Waals surface area contributed by atoms with Crippen LogP contribution < -0.4 is 16.0 Å². The second kappa shape index (κ2) is 12.0. The van der Waals surface area contributed by atoms with Crippen molar-refractivity contribution in [3.63, 3.8) is 0 Å². The minimum Gasteiger partial charge on any atom is -0.372 e. The SMILES string of the molecule is CNc1cc(-c2ccc(C#N)c(F)c2)n(-c2ccc(N3CCN(C)CC3)cc2)n1.NC1CCCCC1. The van der Waals surface area contributed by atoms with Crippen LogP contribution in [-0.4, -0.2) is 61.0 Å². The molecule has 0 amide bonds. The highest BCUT2D eigenvalue weighted by Gasteiger charge is 2.16. The highest BCUT2D eigenvalue weighted by Crippen LogP contribution is 2.28. The Labute approximate surface area is 213 Å². The molecule has 0 unspecified atom stereocenters. The second-order valence-corrected chi connectivity index (χ2v) is 9.59. The maximum absolute atomic E-state index is 14.2. The van der Waals surface area contributed by atoms with Crippen molar-refractivity contribution in [1.82, 2.24) is 14.7 Å². The Kier molecular flexibility index (Phi) is 8.57. The number of rotatable bonds is 4. The average molecular weight is 490 g/mol. The van der Waals surface area contributed by atoms with Crippen LogP contribution in [0.15, 0.2) is 48.5 Å². The summed E-state index contributed by atoms with van der Waals surface area (Å²) in [6, 6.07) is 17.2. The number of hydrogen-bond donors (Lipinski definition) is 2. The first kappa shape index (κ1) is 25.7. The van der Waals surface area contributed by atoms with Crippen LogP contribution in [0.2, 0.25) is 0 Å². The molecule has 1 aliphatic heterocycles. The molecule has 2 aliphatic rings. The van der Waals surface area contributed by atoms with Crippen molar-refractivity contribution < 1.29 is 4.39 Å². The van der Waals surface area contributed by atoms with Crippen molar-refractivity contribution in [1.29, 1.82) is 5.26 Å². The van der Waals surface area contributed by atoms with Crippen LogP contribution in [0.3, 0.4) is 0 Å². The van der Waals surface area contributed by atoms with Gasteiger partial charge in [-0.3, -0.25) is 0 Å². The first-order valence-electron chi connectivity index (χ1n) is 12.8. The molecule has 0 radical (unpaired) electrons. The number of aromatic nitrogens is 2. The number of nitrogens with one attached hydrogen (secondary N) is 1. The Morgan fingerprint density at radius 2 is 1.64 bits per heavy atom. The van der Waals surface area contributed by atoms with E-state index < -0.39 is 5.82 Å². The van der Waals surface area contributed by atoms with Crippen molar-refractivity contribution >= 4 is 11.5 Å². The molecule has 3 aromatic rings.